The lowest BCUT2D eigenvalue weighted by molar-refractivity contribution is -0.319. The summed E-state index contributed by atoms with van der Waals surface area (Å²) >= 11 is 0. The van der Waals surface area contributed by atoms with Crippen LogP contribution in [0.4, 0.5) is 0 Å². The molecule has 45 heavy (non-hydrogen) atoms. The number of hydrogen-bond acceptors (Lipinski definition) is 9. The number of fused-ring (bicyclic) bond motifs is 5. The summed E-state index contributed by atoms with van der Waals surface area (Å²) < 4.78 is 12.0. The van der Waals surface area contributed by atoms with Crippen LogP contribution in [0.2, 0.25) is 0 Å². The summed E-state index contributed by atoms with van der Waals surface area (Å²) in [5.41, 5.74) is -1.04. The van der Waals surface area contributed by atoms with Crippen molar-refractivity contribution in [2.75, 3.05) is 6.61 Å². The summed E-state index contributed by atoms with van der Waals surface area (Å²) in [6.45, 7) is 16.3. The Labute approximate surface area is 269 Å². The van der Waals surface area contributed by atoms with E-state index in [0.717, 1.165) is 32.1 Å². The molecule has 5 aliphatic rings. The molecule has 258 valence electrons. The Bertz CT molecular complexity index is 1140. The first-order chi connectivity index (χ1) is 20.7. The first kappa shape index (κ1) is 35.4. The fourth-order valence-corrected chi connectivity index (χ4v) is 10.9. The predicted octanol–water partition coefficient (Wildman–Crippen LogP) is 3.50. The third-order valence-electron chi connectivity index (χ3n) is 14.2. The number of ether oxygens (including phenoxy) is 2. The smallest absolute Gasteiger partial charge is 0.187 e. The van der Waals surface area contributed by atoms with E-state index in [0.29, 0.717) is 36.9 Å². The Kier molecular flexibility index (Phi) is 9.36. The standard InChI is InChI=1S/C36H60O9/c1-19(9-13-25(38)33(4,5)43)20-15-16-34(6)24-12-10-21-22(36(24,8)26(39)17-35(20,34)7)11-14-27(32(21,2)3)45-31-30(42)29(41)28(40)23(18-37)44-31/h10,19-20,22-25,27-31,37-38,40-43H,9,11-18H2,1-8H3/t19-,20-,22-,23-,24+,25-,27?,28-,29+,30-,31+,34+,35-,36+/m1/s1. The lowest BCUT2D eigenvalue weighted by Gasteiger charge is -2.65. The Morgan fingerprint density at radius 2 is 1.67 bits per heavy atom. The van der Waals surface area contributed by atoms with Crippen molar-refractivity contribution in [2.45, 2.75) is 155 Å². The van der Waals surface area contributed by atoms with Gasteiger partial charge in [0.05, 0.1) is 24.4 Å². The highest BCUT2D eigenvalue weighted by molar-refractivity contribution is 5.88. The van der Waals surface area contributed by atoms with Gasteiger partial charge in [-0.3, -0.25) is 4.79 Å². The zero-order valence-electron chi connectivity index (χ0n) is 28.7. The average Bonchev–Trinajstić information content (AvgIpc) is 3.23. The van der Waals surface area contributed by atoms with Crippen LogP contribution in [0.25, 0.3) is 0 Å². The normalized spacial score (nSPS) is 47.7. The molecule has 0 aromatic heterocycles. The average molecular weight is 637 g/mol. The van der Waals surface area contributed by atoms with Crippen LogP contribution in [-0.2, 0) is 14.3 Å². The van der Waals surface area contributed by atoms with Crippen LogP contribution >= 0.6 is 0 Å². The number of aliphatic hydroxyl groups is 6. The minimum Gasteiger partial charge on any atom is -0.394 e. The van der Waals surface area contributed by atoms with Gasteiger partial charge in [0.1, 0.15) is 30.2 Å². The molecule has 3 saturated carbocycles. The van der Waals surface area contributed by atoms with Gasteiger partial charge in [-0.05, 0) is 93.3 Å². The number of Topliss-reactive ketones (excluding diaryl/α,β-unsaturated/α-hetero) is 1. The van der Waals surface area contributed by atoms with Gasteiger partial charge in [-0.15, -0.1) is 0 Å². The highest BCUT2D eigenvalue weighted by Gasteiger charge is 2.70. The maximum Gasteiger partial charge on any atom is 0.187 e. The van der Waals surface area contributed by atoms with Crippen molar-refractivity contribution in [3.63, 3.8) is 0 Å². The van der Waals surface area contributed by atoms with Gasteiger partial charge < -0.3 is 40.1 Å². The van der Waals surface area contributed by atoms with Crippen molar-refractivity contribution in [3.05, 3.63) is 11.6 Å². The largest absolute Gasteiger partial charge is 0.394 e. The first-order valence-corrected chi connectivity index (χ1v) is 17.3. The molecule has 1 saturated heterocycles. The topological polar surface area (TPSA) is 157 Å². The van der Waals surface area contributed by atoms with Crippen LogP contribution in [0.3, 0.4) is 0 Å². The molecular formula is C36H60O9. The lowest BCUT2D eigenvalue weighted by atomic mass is 9.38. The summed E-state index contributed by atoms with van der Waals surface area (Å²) in [7, 11) is 0. The number of carbonyl (C=O) groups is 1. The molecular weight excluding hydrogens is 576 g/mol. The summed E-state index contributed by atoms with van der Waals surface area (Å²) in [5, 5.41) is 61.6. The molecule has 1 heterocycles. The minimum absolute atomic E-state index is 0.0146. The van der Waals surface area contributed by atoms with Crippen molar-refractivity contribution < 1.29 is 44.9 Å². The van der Waals surface area contributed by atoms with Crippen LogP contribution in [0.5, 0.6) is 0 Å². The van der Waals surface area contributed by atoms with Gasteiger partial charge in [-0.25, -0.2) is 0 Å². The van der Waals surface area contributed by atoms with Crippen LogP contribution < -0.4 is 0 Å². The molecule has 0 bridgehead atoms. The molecule has 0 aromatic carbocycles. The van der Waals surface area contributed by atoms with E-state index in [1.807, 2.05) is 0 Å². The van der Waals surface area contributed by atoms with Gasteiger partial charge in [0.25, 0.3) is 0 Å². The van der Waals surface area contributed by atoms with E-state index >= 15 is 0 Å². The second-order valence-electron chi connectivity index (χ2n) is 17.2. The van der Waals surface area contributed by atoms with E-state index in [2.05, 4.69) is 47.6 Å². The SMILES string of the molecule is C[C@H](CC[C@@H](O)C(C)(C)O)[C@H]1CC[C@@]2(C)[C@@H]3CC=C4[C@@H](CCC(O[C@@H]5O[C@H](CO)[C@@H](O)[C@H](O)[C@H]5O)C4(C)C)[C@]3(C)C(=O)C[C@]12C. The van der Waals surface area contributed by atoms with E-state index in [9.17, 15) is 35.4 Å². The first-order valence-electron chi connectivity index (χ1n) is 17.3. The van der Waals surface area contributed by atoms with E-state index in [-0.39, 0.29) is 28.8 Å². The van der Waals surface area contributed by atoms with E-state index in [1.54, 1.807) is 13.8 Å². The number of carbonyl (C=O) groups excluding carboxylic acids is 1. The van der Waals surface area contributed by atoms with Gasteiger partial charge >= 0.3 is 0 Å². The van der Waals surface area contributed by atoms with Crippen molar-refractivity contribution in [1.29, 1.82) is 0 Å². The van der Waals surface area contributed by atoms with E-state index < -0.39 is 59.8 Å². The van der Waals surface area contributed by atoms with Crippen molar-refractivity contribution in [1.82, 2.24) is 0 Å². The fraction of sp³-hybridized carbons (Fsp3) is 0.917. The number of allylic oxidation sites excluding steroid dienone is 1. The summed E-state index contributed by atoms with van der Waals surface area (Å²) in [5.74, 6) is 1.34. The molecule has 9 heteroatoms. The zero-order valence-corrected chi connectivity index (χ0v) is 28.7. The Morgan fingerprint density at radius 1 is 1.00 bits per heavy atom. The van der Waals surface area contributed by atoms with Crippen LogP contribution in [0.15, 0.2) is 11.6 Å². The molecule has 0 radical (unpaired) electrons. The van der Waals surface area contributed by atoms with Crippen LogP contribution in [0.1, 0.15) is 107 Å². The number of hydrogen-bond donors (Lipinski definition) is 6. The molecule has 0 aromatic rings. The molecule has 0 amide bonds. The van der Waals surface area contributed by atoms with Gasteiger partial charge in [-0.2, -0.15) is 0 Å². The van der Waals surface area contributed by atoms with Gasteiger partial charge in [0, 0.05) is 17.3 Å². The highest BCUT2D eigenvalue weighted by Crippen LogP contribution is 2.74. The second kappa shape index (κ2) is 11.9. The quantitative estimate of drug-likeness (QED) is 0.220. The van der Waals surface area contributed by atoms with Gasteiger partial charge in [0.2, 0.25) is 0 Å². The molecule has 6 N–H and O–H groups in total. The van der Waals surface area contributed by atoms with E-state index in [4.69, 9.17) is 9.47 Å². The summed E-state index contributed by atoms with van der Waals surface area (Å²) in [6.07, 6.45) is 0.905. The molecule has 5 rings (SSSR count). The third kappa shape index (κ3) is 5.40. The Hall–Kier alpha value is -0.910. The van der Waals surface area contributed by atoms with Crippen molar-refractivity contribution >= 4 is 5.78 Å². The maximum atomic E-state index is 14.6. The summed E-state index contributed by atoms with van der Waals surface area (Å²) in [4.78, 5) is 14.6. The minimum atomic E-state index is -1.49. The Balaban J connectivity index is 1.37. The maximum absolute atomic E-state index is 14.6. The molecule has 0 spiro atoms. The zero-order chi connectivity index (χ0) is 33.5. The molecule has 4 aliphatic carbocycles. The van der Waals surface area contributed by atoms with Crippen LogP contribution in [-0.4, -0.2) is 91.5 Å². The van der Waals surface area contributed by atoms with Crippen molar-refractivity contribution in [2.24, 2.45) is 45.3 Å². The lowest BCUT2D eigenvalue weighted by Crippen LogP contribution is -2.64. The fourth-order valence-electron chi connectivity index (χ4n) is 10.9. The van der Waals surface area contributed by atoms with Gasteiger partial charge in [0.15, 0.2) is 6.29 Å². The molecule has 4 fully saturated rings. The third-order valence-corrected chi connectivity index (χ3v) is 14.2. The number of rotatable bonds is 8. The summed E-state index contributed by atoms with van der Waals surface area (Å²) in [6, 6.07) is 0. The predicted molar refractivity (Wildman–Crippen MR) is 169 cm³/mol. The molecule has 14 atom stereocenters. The number of aliphatic hydroxyl groups excluding tert-OH is 5. The highest BCUT2D eigenvalue weighted by atomic mass is 16.7. The van der Waals surface area contributed by atoms with Crippen LogP contribution in [0, 0.1) is 45.3 Å². The van der Waals surface area contributed by atoms with E-state index in [1.165, 1.54) is 5.57 Å². The van der Waals surface area contributed by atoms with Gasteiger partial charge in [-0.1, -0.05) is 53.2 Å². The Morgan fingerprint density at radius 3 is 2.29 bits per heavy atom. The molecule has 1 unspecified atom stereocenters. The molecule has 1 aliphatic heterocycles. The molecule has 9 nitrogen and oxygen atoms in total. The monoisotopic (exact) mass is 636 g/mol. The second-order valence-corrected chi connectivity index (χ2v) is 17.2. The van der Waals surface area contributed by atoms with Crippen molar-refractivity contribution in [3.8, 4) is 0 Å². The number of ketones is 1.